The average Bonchev–Trinajstić information content (AvgIpc) is 3.11. The highest BCUT2D eigenvalue weighted by Gasteiger charge is 2.16. The first-order valence-corrected chi connectivity index (χ1v) is 8.38. The highest BCUT2D eigenvalue weighted by molar-refractivity contribution is 7.17. The van der Waals surface area contributed by atoms with Crippen LogP contribution in [0.1, 0.15) is 36.8 Å². The van der Waals surface area contributed by atoms with E-state index in [0.29, 0.717) is 0 Å². The van der Waals surface area contributed by atoms with Crippen molar-refractivity contribution in [2.24, 2.45) is 5.73 Å². The van der Waals surface area contributed by atoms with Gasteiger partial charge in [-0.05, 0) is 48.2 Å². The van der Waals surface area contributed by atoms with Gasteiger partial charge in [-0.2, -0.15) is 5.10 Å². The standard InChI is InChI=1S/C17H21N3S/c1-3-13-10-16(20(4-2)19-13)15(18)9-12-11-21-17-8-6-5-7-14(12)17/h5-8,10-11,15H,3-4,9,18H2,1-2H3. The molecule has 1 unspecified atom stereocenters. The highest BCUT2D eigenvalue weighted by atomic mass is 32.1. The van der Waals surface area contributed by atoms with Crippen LogP contribution in [0.15, 0.2) is 35.7 Å². The quantitative estimate of drug-likeness (QED) is 0.776. The second kappa shape index (κ2) is 6.00. The van der Waals surface area contributed by atoms with Gasteiger partial charge in [0.15, 0.2) is 0 Å². The normalized spacial score (nSPS) is 12.9. The molecule has 0 bridgehead atoms. The van der Waals surface area contributed by atoms with Crippen molar-refractivity contribution in [3.8, 4) is 0 Å². The van der Waals surface area contributed by atoms with E-state index in [2.05, 4.69) is 54.7 Å². The largest absolute Gasteiger partial charge is 0.322 e. The maximum absolute atomic E-state index is 6.47. The molecule has 3 aromatic rings. The fourth-order valence-corrected chi connectivity index (χ4v) is 3.72. The molecule has 0 radical (unpaired) electrons. The molecule has 0 amide bonds. The van der Waals surface area contributed by atoms with E-state index in [0.717, 1.165) is 30.8 Å². The van der Waals surface area contributed by atoms with Crippen LogP contribution < -0.4 is 5.73 Å². The van der Waals surface area contributed by atoms with E-state index in [4.69, 9.17) is 5.73 Å². The van der Waals surface area contributed by atoms with Crippen LogP contribution in [0, 0.1) is 0 Å². The third kappa shape index (κ3) is 2.74. The lowest BCUT2D eigenvalue weighted by molar-refractivity contribution is 0.566. The molecule has 3 nitrogen and oxygen atoms in total. The molecule has 1 atom stereocenters. The lowest BCUT2D eigenvalue weighted by Crippen LogP contribution is -2.18. The van der Waals surface area contributed by atoms with Gasteiger partial charge < -0.3 is 5.73 Å². The van der Waals surface area contributed by atoms with Crippen LogP contribution >= 0.6 is 11.3 Å². The van der Waals surface area contributed by atoms with Gasteiger partial charge in [0.05, 0.1) is 17.4 Å². The zero-order valence-corrected chi connectivity index (χ0v) is 13.4. The summed E-state index contributed by atoms with van der Waals surface area (Å²) in [5, 5.41) is 8.16. The minimum atomic E-state index is -0.00393. The molecule has 0 aliphatic heterocycles. The molecular formula is C17H21N3S. The number of thiophene rings is 1. The number of aromatic nitrogens is 2. The number of nitrogens with zero attached hydrogens (tertiary/aromatic N) is 2. The summed E-state index contributed by atoms with van der Waals surface area (Å²) in [5.41, 5.74) is 10.1. The first kappa shape index (κ1) is 14.3. The minimum Gasteiger partial charge on any atom is -0.322 e. The molecule has 2 aromatic heterocycles. The summed E-state index contributed by atoms with van der Waals surface area (Å²) in [4.78, 5) is 0. The predicted octanol–water partition coefficient (Wildman–Crippen LogP) is 3.92. The van der Waals surface area contributed by atoms with E-state index in [-0.39, 0.29) is 6.04 Å². The lowest BCUT2D eigenvalue weighted by Gasteiger charge is -2.13. The predicted molar refractivity (Wildman–Crippen MR) is 89.7 cm³/mol. The van der Waals surface area contributed by atoms with E-state index < -0.39 is 0 Å². The molecule has 0 aliphatic carbocycles. The molecule has 2 N–H and O–H groups in total. The molecule has 0 spiro atoms. The third-order valence-corrected chi connectivity index (χ3v) is 4.92. The summed E-state index contributed by atoms with van der Waals surface area (Å²) in [6.07, 6.45) is 1.81. The smallest absolute Gasteiger partial charge is 0.0625 e. The maximum atomic E-state index is 6.47. The van der Waals surface area contributed by atoms with E-state index >= 15 is 0 Å². The van der Waals surface area contributed by atoms with Crippen molar-refractivity contribution < 1.29 is 0 Å². The van der Waals surface area contributed by atoms with E-state index in [1.54, 1.807) is 11.3 Å². The molecule has 4 heteroatoms. The second-order valence-electron chi connectivity index (χ2n) is 5.30. The Kier molecular flexibility index (Phi) is 4.08. The van der Waals surface area contributed by atoms with Crippen molar-refractivity contribution in [3.05, 3.63) is 52.7 Å². The molecule has 0 saturated carbocycles. The Balaban J connectivity index is 1.89. The molecule has 110 valence electrons. The van der Waals surface area contributed by atoms with Crippen molar-refractivity contribution >= 4 is 21.4 Å². The van der Waals surface area contributed by atoms with Crippen LogP contribution in [0.5, 0.6) is 0 Å². The Labute approximate surface area is 129 Å². The van der Waals surface area contributed by atoms with Gasteiger partial charge in [0.2, 0.25) is 0 Å². The van der Waals surface area contributed by atoms with Gasteiger partial charge in [-0.15, -0.1) is 11.3 Å². The number of fused-ring (bicyclic) bond motifs is 1. The highest BCUT2D eigenvalue weighted by Crippen LogP contribution is 2.29. The third-order valence-electron chi connectivity index (χ3n) is 3.90. The molecule has 3 rings (SSSR count). The first-order chi connectivity index (χ1) is 10.2. The zero-order chi connectivity index (χ0) is 14.8. The summed E-state index contributed by atoms with van der Waals surface area (Å²) in [7, 11) is 0. The van der Waals surface area contributed by atoms with Gasteiger partial charge in [0, 0.05) is 11.2 Å². The van der Waals surface area contributed by atoms with Gasteiger partial charge in [0.25, 0.3) is 0 Å². The summed E-state index contributed by atoms with van der Waals surface area (Å²) in [6.45, 7) is 5.11. The first-order valence-electron chi connectivity index (χ1n) is 7.50. The monoisotopic (exact) mass is 299 g/mol. The molecule has 0 fully saturated rings. The maximum Gasteiger partial charge on any atom is 0.0625 e. The summed E-state index contributed by atoms with van der Waals surface area (Å²) in [5.74, 6) is 0. The molecule has 0 saturated heterocycles. The van der Waals surface area contributed by atoms with Crippen LogP contribution in [0.3, 0.4) is 0 Å². The molecule has 1 aromatic carbocycles. The second-order valence-corrected chi connectivity index (χ2v) is 6.21. The average molecular weight is 299 g/mol. The molecular weight excluding hydrogens is 278 g/mol. The Morgan fingerprint density at radius 1 is 1.29 bits per heavy atom. The van der Waals surface area contributed by atoms with Crippen molar-refractivity contribution in [2.45, 2.75) is 39.3 Å². The Hall–Kier alpha value is -1.65. The van der Waals surface area contributed by atoms with Gasteiger partial charge in [-0.3, -0.25) is 4.68 Å². The fraction of sp³-hybridized carbons (Fsp3) is 0.353. The molecule has 21 heavy (non-hydrogen) atoms. The fourth-order valence-electron chi connectivity index (χ4n) is 2.74. The van der Waals surface area contributed by atoms with Crippen molar-refractivity contribution in [3.63, 3.8) is 0 Å². The van der Waals surface area contributed by atoms with Crippen molar-refractivity contribution in [1.82, 2.24) is 9.78 Å². The van der Waals surface area contributed by atoms with Gasteiger partial charge >= 0.3 is 0 Å². The van der Waals surface area contributed by atoms with Gasteiger partial charge in [0.1, 0.15) is 0 Å². The topological polar surface area (TPSA) is 43.8 Å². The zero-order valence-electron chi connectivity index (χ0n) is 12.5. The number of rotatable bonds is 5. The molecule has 2 heterocycles. The van der Waals surface area contributed by atoms with E-state index in [9.17, 15) is 0 Å². The van der Waals surface area contributed by atoms with Crippen LogP contribution in [0.25, 0.3) is 10.1 Å². The number of aryl methyl sites for hydroxylation is 2. The summed E-state index contributed by atoms with van der Waals surface area (Å²) < 4.78 is 3.37. The van der Waals surface area contributed by atoms with Crippen LogP contribution in [-0.2, 0) is 19.4 Å². The summed E-state index contributed by atoms with van der Waals surface area (Å²) in [6, 6.07) is 10.7. The molecule has 0 aliphatic rings. The van der Waals surface area contributed by atoms with Crippen LogP contribution in [-0.4, -0.2) is 9.78 Å². The lowest BCUT2D eigenvalue weighted by atomic mass is 10.0. The van der Waals surface area contributed by atoms with Crippen LogP contribution in [0.4, 0.5) is 0 Å². The Morgan fingerprint density at radius 3 is 2.86 bits per heavy atom. The number of hydrogen-bond donors (Lipinski definition) is 1. The van der Waals surface area contributed by atoms with E-state index in [1.807, 2.05) is 4.68 Å². The van der Waals surface area contributed by atoms with E-state index in [1.165, 1.54) is 15.6 Å². The summed E-state index contributed by atoms with van der Waals surface area (Å²) >= 11 is 1.79. The number of benzene rings is 1. The SMILES string of the molecule is CCc1cc(C(N)Cc2csc3ccccc23)n(CC)n1. The van der Waals surface area contributed by atoms with Crippen molar-refractivity contribution in [2.75, 3.05) is 0 Å². The van der Waals surface area contributed by atoms with Gasteiger partial charge in [-0.25, -0.2) is 0 Å². The van der Waals surface area contributed by atoms with Crippen molar-refractivity contribution in [1.29, 1.82) is 0 Å². The van der Waals surface area contributed by atoms with Gasteiger partial charge in [-0.1, -0.05) is 25.1 Å². The number of hydrogen-bond acceptors (Lipinski definition) is 3. The Bertz CT molecular complexity index is 741. The van der Waals surface area contributed by atoms with Crippen LogP contribution in [0.2, 0.25) is 0 Å². The Morgan fingerprint density at radius 2 is 2.10 bits per heavy atom. The minimum absolute atomic E-state index is 0.00393. The number of nitrogens with two attached hydrogens (primary N) is 1.